The van der Waals surface area contributed by atoms with Crippen molar-refractivity contribution in [3.05, 3.63) is 58.8 Å². The Bertz CT molecular complexity index is 1490. The van der Waals surface area contributed by atoms with Crippen LogP contribution in [-0.4, -0.2) is 92.4 Å². The number of aryl methyl sites for hydroxylation is 1. The summed E-state index contributed by atoms with van der Waals surface area (Å²) in [6.07, 6.45) is -3.94. The molecule has 3 aliphatic heterocycles. The summed E-state index contributed by atoms with van der Waals surface area (Å²) < 4.78 is 41.0. The molecule has 3 amide bonds. The van der Waals surface area contributed by atoms with Gasteiger partial charge >= 0.3 is 6.18 Å². The first-order valence-corrected chi connectivity index (χ1v) is 14.8. The fraction of sp³-hybridized carbons (Fsp3) is 0.484. The highest BCUT2D eigenvalue weighted by Gasteiger charge is 2.49. The van der Waals surface area contributed by atoms with Gasteiger partial charge in [-0.05, 0) is 57.6 Å². The van der Waals surface area contributed by atoms with E-state index < -0.39 is 35.5 Å². The van der Waals surface area contributed by atoms with Crippen LogP contribution in [0.5, 0.6) is 0 Å². The van der Waals surface area contributed by atoms with Gasteiger partial charge < -0.3 is 19.6 Å². The van der Waals surface area contributed by atoms with E-state index in [4.69, 9.17) is 11.6 Å². The molecule has 4 heterocycles. The van der Waals surface area contributed by atoms with Crippen molar-refractivity contribution in [2.45, 2.75) is 32.0 Å². The van der Waals surface area contributed by atoms with Crippen LogP contribution in [0.3, 0.4) is 0 Å². The molecule has 0 spiro atoms. The second-order valence-electron chi connectivity index (χ2n) is 12.2. The third kappa shape index (κ3) is 6.14. The smallest absolute Gasteiger partial charge is 0.368 e. The summed E-state index contributed by atoms with van der Waals surface area (Å²) in [5, 5.41) is 0.447. The number of nitrogens with zero attached hydrogens (tertiary/aromatic N) is 6. The summed E-state index contributed by atoms with van der Waals surface area (Å²) in [6.45, 7) is 7.87. The van der Waals surface area contributed by atoms with Gasteiger partial charge in [0.15, 0.2) is 0 Å². The van der Waals surface area contributed by atoms with Crippen LogP contribution >= 0.6 is 11.6 Å². The number of carbonyl (C=O) groups excluding carboxylic acids is 3. The van der Waals surface area contributed by atoms with Crippen LogP contribution in [0.4, 0.5) is 30.4 Å². The number of para-hydroxylation sites is 1. The predicted octanol–water partition coefficient (Wildman–Crippen LogP) is 4.23. The average Bonchev–Trinajstić information content (AvgIpc) is 3.23. The zero-order valence-corrected chi connectivity index (χ0v) is 26.0. The highest BCUT2D eigenvalue weighted by atomic mass is 35.5. The monoisotopic (exact) mass is 632 g/mol. The molecule has 13 heteroatoms. The van der Waals surface area contributed by atoms with E-state index in [0.29, 0.717) is 48.1 Å². The number of halogens is 4. The molecular weight excluding hydrogens is 597 g/mol. The number of pyridine rings is 1. The van der Waals surface area contributed by atoms with E-state index in [1.807, 2.05) is 19.0 Å². The van der Waals surface area contributed by atoms with Gasteiger partial charge in [-0.15, -0.1) is 0 Å². The van der Waals surface area contributed by atoms with Gasteiger partial charge in [-0.25, -0.2) is 4.98 Å². The van der Waals surface area contributed by atoms with Crippen LogP contribution in [0, 0.1) is 18.8 Å². The third-order valence-corrected chi connectivity index (χ3v) is 8.79. The molecule has 44 heavy (non-hydrogen) atoms. The van der Waals surface area contributed by atoms with Gasteiger partial charge in [-0.1, -0.05) is 24.2 Å². The normalized spacial score (nSPS) is 20.8. The van der Waals surface area contributed by atoms with E-state index in [0.717, 1.165) is 23.5 Å². The zero-order valence-electron chi connectivity index (χ0n) is 25.2. The summed E-state index contributed by atoms with van der Waals surface area (Å²) >= 11 is 6.71. The maximum absolute atomic E-state index is 14.0. The SMILES string of the molecule is C=C(CN(C)C)C(=O)N1CC(CCN2C[C@H]3CC(=O)N(c4cc(C(F)(F)F)cc(C)n4)[C@@H]3C(=O)N(C)c3cccc(Cl)c32)C1. The molecule has 2 saturated heterocycles. The Morgan fingerprint density at radius 2 is 1.86 bits per heavy atom. The Morgan fingerprint density at radius 1 is 1.16 bits per heavy atom. The molecule has 2 aromatic rings. The lowest BCUT2D eigenvalue weighted by Crippen LogP contribution is -2.53. The zero-order chi connectivity index (χ0) is 32.1. The molecule has 3 aliphatic rings. The van der Waals surface area contributed by atoms with Crippen LogP contribution < -0.4 is 14.7 Å². The number of amides is 3. The van der Waals surface area contributed by atoms with Crippen LogP contribution in [0.2, 0.25) is 5.02 Å². The molecule has 0 N–H and O–H groups in total. The van der Waals surface area contributed by atoms with E-state index >= 15 is 0 Å². The molecule has 0 bridgehead atoms. The largest absolute Gasteiger partial charge is 0.416 e. The number of benzene rings is 1. The molecule has 2 fully saturated rings. The second kappa shape index (κ2) is 12.0. The Balaban J connectivity index is 1.41. The van der Waals surface area contributed by atoms with Gasteiger partial charge in [0.1, 0.15) is 11.9 Å². The lowest BCUT2D eigenvalue weighted by atomic mass is 9.93. The van der Waals surface area contributed by atoms with Crippen molar-refractivity contribution in [3.8, 4) is 0 Å². The van der Waals surface area contributed by atoms with Crippen molar-refractivity contribution in [2.75, 3.05) is 68.6 Å². The van der Waals surface area contributed by atoms with Crippen LogP contribution in [0.1, 0.15) is 24.1 Å². The number of fused-ring (bicyclic) bond motifs is 2. The van der Waals surface area contributed by atoms with E-state index in [9.17, 15) is 27.6 Å². The number of likely N-dealkylation sites (N-methyl/N-ethyl adjacent to an activating group) is 2. The molecule has 0 unspecified atom stereocenters. The number of hydrogen-bond donors (Lipinski definition) is 0. The molecule has 2 atom stereocenters. The predicted molar refractivity (Wildman–Crippen MR) is 163 cm³/mol. The standard InChI is InChI=1S/C31H36ClF3N6O3/c1-18(14-37(3)4)29(43)40-15-20(16-40)9-10-39-17-21-12-26(42)41(25-13-22(31(33,34)35)11-19(2)36-25)27(21)30(44)38(5)24-8-6-7-23(32)28(24)39/h6-8,11,13,20-21,27H,1,9-10,12,14-17H2,2-5H3/t21-,27+/m1/s1. The Morgan fingerprint density at radius 3 is 2.52 bits per heavy atom. The van der Waals surface area contributed by atoms with Gasteiger partial charge in [0, 0.05) is 63.4 Å². The molecule has 0 saturated carbocycles. The minimum absolute atomic E-state index is 0.0306. The Kier molecular flexibility index (Phi) is 8.69. The second-order valence-corrected chi connectivity index (χ2v) is 12.6. The van der Waals surface area contributed by atoms with Crippen molar-refractivity contribution < 1.29 is 27.6 Å². The van der Waals surface area contributed by atoms with Crippen molar-refractivity contribution in [1.29, 1.82) is 0 Å². The lowest BCUT2D eigenvalue weighted by Gasteiger charge is -2.42. The number of hydrogen-bond acceptors (Lipinski definition) is 6. The number of alkyl halides is 3. The summed E-state index contributed by atoms with van der Waals surface area (Å²) in [6, 6.07) is 5.94. The number of anilines is 3. The summed E-state index contributed by atoms with van der Waals surface area (Å²) in [4.78, 5) is 52.7. The van der Waals surface area contributed by atoms with Gasteiger partial charge in [0.25, 0.3) is 5.91 Å². The Hall–Kier alpha value is -3.64. The minimum Gasteiger partial charge on any atom is -0.368 e. The number of likely N-dealkylation sites (tertiary alicyclic amines) is 1. The molecule has 1 aromatic heterocycles. The maximum Gasteiger partial charge on any atom is 0.416 e. The van der Waals surface area contributed by atoms with Gasteiger partial charge in [0.05, 0.1) is 22.0 Å². The van der Waals surface area contributed by atoms with Crippen LogP contribution in [0.25, 0.3) is 0 Å². The van der Waals surface area contributed by atoms with E-state index in [-0.39, 0.29) is 36.3 Å². The average molecular weight is 633 g/mol. The maximum atomic E-state index is 14.0. The molecule has 9 nitrogen and oxygen atoms in total. The van der Waals surface area contributed by atoms with Crippen LogP contribution in [-0.2, 0) is 20.6 Å². The third-order valence-electron chi connectivity index (χ3n) is 8.49. The summed E-state index contributed by atoms with van der Waals surface area (Å²) in [7, 11) is 5.35. The van der Waals surface area contributed by atoms with Gasteiger partial charge in [-0.2, -0.15) is 13.2 Å². The van der Waals surface area contributed by atoms with Crippen molar-refractivity contribution in [3.63, 3.8) is 0 Å². The molecule has 0 radical (unpaired) electrons. The van der Waals surface area contributed by atoms with Crippen molar-refractivity contribution in [2.24, 2.45) is 11.8 Å². The fourth-order valence-corrected chi connectivity index (χ4v) is 6.69. The highest BCUT2D eigenvalue weighted by Crippen LogP contribution is 2.43. The van der Waals surface area contributed by atoms with E-state index in [1.165, 1.54) is 11.8 Å². The Labute approximate surface area is 259 Å². The van der Waals surface area contributed by atoms with Gasteiger partial charge in [0.2, 0.25) is 11.8 Å². The van der Waals surface area contributed by atoms with E-state index in [1.54, 1.807) is 30.1 Å². The van der Waals surface area contributed by atoms with E-state index in [2.05, 4.69) is 16.5 Å². The summed E-state index contributed by atoms with van der Waals surface area (Å²) in [5.41, 5.74) is 0.903. The first-order chi connectivity index (χ1) is 20.6. The minimum atomic E-state index is -4.64. The highest BCUT2D eigenvalue weighted by molar-refractivity contribution is 6.34. The topological polar surface area (TPSA) is 80.3 Å². The molecule has 0 aliphatic carbocycles. The molecular formula is C31H36ClF3N6O3. The quantitative estimate of drug-likeness (QED) is 0.425. The fourth-order valence-electron chi connectivity index (χ4n) is 6.40. The summed E-state index contributed by atoms with van der Waals surface area (Å²) in [5.74, 6) is -1.40. The lowest BCUT2D eigenvalue weighted by molar-refractivity contribution is -0.137. The van der Waals surface area contributed by atoms with Gasteiger partial charge in [-0.3, -0.25) is 19.3 Å². The van der Waals surface area contributed by atoms with Crippen molar-refractivity contribution in [1.82, 2.24) is 14.8 Å². The molecule has 5 rings (SSSR count). The molecule has 1 aromatic carbocycles. The van der Waals surface area contributed by atoms with Crippen molar-refractivity contribution >= 4 is 46.5 Å². The molecule has 236 valence electrons. The first kappa shape index (κ1) is 31.8. The number of carbonyl (C=O) groups is 3. The van der Waals surface area contributed by atoms with Crippen LogP contribution in [0.15, 0.2) is 42.5 Å². The number of aromatic nitrogens is 1. The first-order valence-electron chi connectivity index (χ1n) is 14.5. The number of rotatable bonds is 7.